The standard InChI is InChI=1S/C12H24N4O2/c1-3-14-12(18)10(2)15-11(17)9-16-7-4-5-13-6-8-16/h10,13H,3-9H2,1-2H3,(H,14,18)(H,15,17). The summed E-state index contributed by atoms with van der Waals surface area (Å²) in [4.78, 5) is 25.4. The molecule has 104 valence electrons. The van der Waals surface area contributed by atoms with Crippen molar-refractivity contribution in [2.24, 2.45) is 0 Å². The monoisotopic (exact) mass is 256 g/mol. The van der Waals surface area contributed by atoms with Crippen molar-refractivity contribution >= 4 is 11.8 Å². The van der Waals surface area contributed by atoms with Gasteiger partial charge < -0.3 is 16.0 Å². The lowest BCUT2D eigenvalue weighted by molar-refractivity contribution is -0.129. The molecule has 18 heavy (non-hydrogen) atoms. The zero-order chi connectivity index (χ0) is 13.4. The van der Waals surface area contributed by atoms with Gasteiger partial charge >= 0.3 is 0 Å². The van der Waals surface area contributed by atoms with E-state index < -0.39 is 6.04 Å². The molecule has 6 heteroatoms. The molecule has 1 heterocycles. The van der Waals surface area contributed by atoms with Crippen molar-refractivity contribution in [3.8, 4) is 0 Å². The second kappa shape index (κ2) is 8.05. The van der Waals surface area contributed by atoms with Gasteiger partial charge in [0.15, 0.2) is 0 Å². The molecule has 1 fully saturated rings. The molecule has 1 aliphatic heterocycles. The van der Waals surface area contributed by atoms with Crippen LogP contribution in [0.4, 0.5) is 0 Å². The number of likely N-dealkylation sites (N-methyl/N-ethyl adjacent to an activating group) is 1. The van der Waals surface area contributed by atoms with Crippen LogP contribution in [0.5, 0.6) is 0 Å². The van der Waals surface area contributed by atoms with Gasteiger partial charge in [-0.15, -0.1) is 0 Å². The normalized spacial score (nSPS) is 18.8. The van der Waals surface area contributed by atoms with Crippen LogP contribution in [0.25, 0.3) is 0 Å². The van der Waals surface area contributed by atoms with Crippen LogP contribution in [0.2, 0.25) is 0 Å². The molecule has 1 aliphatic rings. The molecule has 1 unspecified atom stereocenters. The Kier molecular flexibility index (Phi) is 6.67. The second-order valence-electron chi connectivity index (χ2n) is 4.56. The Morgan fingerprint density at radius 1 is 1.33 bits per heavy atom. The molecule has 0 aromatic rings. The average molecular weight is 256 g/mol. The average Bonchev–Trinajstić information content (AvgIpc) is 2.57. The fourth-order valence-corrected chi connectivity index (χ4v) is 1.94. The molecule has 0 aromatic heterocycles. The van der Waals surface area contributed by atoms with Crippen molar-refractivity contribution in [1.82, 2.24) is 20.9 Å². The van der Waals surface area contributed by atoms with Crippen LogP contribution in [0, 0.1) is 0 Å². The van der Waals surface area contributed by atoms with Gasteiger partial charge in [-0.2, -0.15) is 0 Å². The lowest BCUT2D eigenvalue weighted by Crippen LogP contribution is -2.48. The lowest BCUT2D eigenvalue weighted by Gasteiger charge is -2.20. The van der Waals surface area contributed by atoms with E-state index in [2.05, 4.69) is 20.9 Å². The van der Waals surface area contributed by atoms with Gasteiger partial charge in [0.25, 0.3) is 0 Å². The van der Waals surface area contributed by atoms with Crippen LogP contribution in [0.3, 0.4) is 0 Å². The zero-order valence-corrected chi connectivity index (χ0v) is 11.3. The summed E-state index contributed by atoms with van der Waals surface area (Å²) in [5.41, 5.74) is 0. The van der Waals surface area contributed by atoms with Crippen molar-refractivity contribution < 1.29 is 9.59 Å². The number of nitrogens with one attached hydrogen (secondary N) is 3. The van der Waals surface area contributed by atoms with Gasteiger partial charge in [0, 0.05) is 19.6 Å². The summed E-state index contributed by atoms with van der Waals surface area (Å²) >= 11 is 0. The highest BCUT2D eigenvalue weighted by molar-refractivity contribution is 5.87. The van der Waals surface area contributed by atoms with E-state index in [1.807, 2.05) is 6.92 Å². The maximum Gasteiger partial charge on any atom is 0.242 e. The van der Waals surface area contributed by atoms with Crippen LogP contribution < -0.4 is 16.0 Å². The summed E-state index contributed by atoms with van der Waals surface area (Å²) in [7, 11) is 0. The Morgan fingerprint density at radius 3 is 2.83 bits per heavy atom. The van der Waals surface area contributed by atoms with E-state index in [0.29, 0.717) is 13.1 Å². The van der Waals surface area contributed by atoms with E-state index in [4.69, 9.17) is 0 Å². The quantitative estimate of drug-likeness (QED) is 0.585. The van der Waals surface area contributed by atoms with Gasteiger partial charge in [-0.25, -0.2) is 0 Å². The summed E-state index contributed by atoms with van der Waals surface area (Å²) < 4.78 is 0. The van der Waals surface area contributed by atoms with Gasteiger partial charge in [0.05, 0.1) is 6.54 Å². The summed E-state index contributed by atoms with van der Waals surface area (Å²) in [5.74, 6) is -0.223. The molecule has 6 nitrogen and oxygen atoms in total. The Labute approximate surface area is 108 Å². The summed E-state index contributed by atoms with van der Waals surface area (Å²) in [6.07, 6.45) is 1.05. The number of amides is 2. The minimum atomic E-state index is -0.470. The fraction of sp³-hybridized carbons (Fsp3) is 0.833. The van der Waals surface area contributed by atoms with Gasteiger partial charge in [-0.3, -0.25) is 14.5 Å². The van der Waals surface area contributed by atoms with Crippen LogP contribution in [0.1, 0.15) is 20.3 Å². The number of carbonyl (C=O) groups is 2. The molecule has 3 N–H and O–H groups in total. The van der Waals surface area contributed by atoms with Gasteiger partial charge in [0.1, 0.15) is 6.04 Å². The van der Waals surface area contributed by atoms with E-state index in [-0.39, 0.29) is 11.8 Å². The molecule has 0 saturated carbocycles. The smallest absolute Gasteiger partial charge is 0.242 e. The third kappa shape index (κ3) is 5.46. The summed E-state index contributed by atoms with van der Waals surface area (Å²) in [6, 6.07) is -0.470. The van der Waals surface area contributed by atoms with Crippen molar-refractivity contribution in [1.29, 1.82) is 0 Å². The van der Waals surface area contributed by atoms with E-state index in [0.717, 1.165) is 32.6 Å². The van der Waals surface area contributed by atoms with E-state index in [1.165, 1.54) is 0 Å². The number of hydrogen-bond donors (Lipinski definition) is 3. The third-order valence-corrected chi connectivity index (χ3v) is 2.92. The van der Waals surface area contributed by atoms with Crippen LogP contribution >= 0.6 is 0 Å². The third-order valence-electron chi connectivity index (χ3n) is 2.92. The van der Waals surface area contributed by atoms with Gasteiger partial charge in [0.2, 0.25) is 11.8 Å². The summed E-state index contributed by atoms with van der Waals surface area (Å²) in [6.45, 7) is 8.23. The number of carbonyl (C=O) groups excluding carboxylic acids is 2. The van der Waals surface area contributed by atoms with Gasteiger partial charge in [-0.05, 0) is 33.4 Å². The summed E-state index contributed by atoms with van der Waals surface area (Å²) in [5, 5.41) is 8.69. The zero-order valence-electron chi connectivity index (χ0n) is 11.3. The number of rotatable bonds is 5. The number of nitrogens with zero attached hydrogens (tertiary/aromatic N) is 1. The molecule has 0 spiro atoms. The van der Waals surface area contributed by atoms with Crippen LogP contribution in [-0.4, -0.2) is 62.0 Å². The fourth-order valence-electron chi connectivity index (χ4n) is 1.94. The minimum Gasteiger partial charge on any atom is -0.355 e. The molecule has 1 atom stereocenters. The Morgan fingerprint density at radius 2 is 2.11 bits per heavy atom. The van der Waals surface area contributed by atoms with Crippen LogP contribution in [-0.2, 0) is 9.59 Å². The largest absolute Gasteiger partial charge is 0.355 e. The molecule has 2 amide bonds. The topological polar surface area (TPSA) is 73.5 Å². The van der Waals surface area contributed by atoms with E-state index in [9.17, 15) is 9.59 Å². The molecule has 1 rings (SSSR count). The molecular weight excluding hydrogens is 232 g/mol. The molecule has 0 aliphatic carbocycles. The first kappa shape index (κ1) is 14.9. The SMILES string of the molecule is CCNC(=O)C(C)NC(=O)CN1CCCNCC1. The molecular formula is C12H24N4O2. The maximum absolute atomic E-state index is 11.8. The Hall–Kier alpha value is -1.14. The first-order valence-electron chi connectivity index (χ1n) is 6.63. The van der Waals surface area contributed by atoms with Crippen molar-refractivity contribution in [2.75, 3.05) is 39.3 Å². The van der Waals surface area contributed by atoms with Crippen molar-refractivity contribution in [2.45, 2.75) is 26.3 Å². The van der Waals surface area contributed by atoms with Crippen molar-refractivity contribution in [3.63, 3.8) is 0 Å². The van der Waals surface area contributed by atoms with E-state index in [1.54, 1.807) is 6.92 Å². The van der Waals surface area contributed by atoms with Crippen LogP contribution in [0.15, 0.2) is 0 Å². The predicted octanol–water partition coefficient (Wildman–Crippen LogP) is -1.08. The molecule has 1 saturated heterocycles. The first-order valence-corrected chi connectivity index (χ1v) is 6.63. The lowest BCUT2D eigenvalue weighted by atomic mass is 10.3. The molecule has 0 bridgehead atoms. The molecule has 0 aromatic carbocycles. The highest BCUT2D eigenvalue weighted by Crippen LogP contribution is 1.95. The van der Waals surface area contributed by atoms with E-state index >= 15 is 0 Å². The number of hydrogen-bond acceptors (Lipinski definition) is 4. The maximum atomic E-state index is 11.8. The Balaban J connectivity index is 2.29. The minimum absolute atomic E-state index is 0.0874. The highest BCUT2D eigenvalue weighted by Gasteiger charge is 2.17. The Bertz CT molecular complexity index is 275. The molecule has 0 radical (unpaired) electrons. The highest BCUT2D eigenvalue weighted by atomic mass is 16.2. The van der Waals surface area contributed by atoms with Gasteiger partial charge in [-0.1, -0.05) is 0 Å². The second-order valence-corrected chi connectivity index (χ2v) is 4.56. The van der Waals surface area contributed by atoms with Crippen molar-refractivity contribution in [3.05, 3.63) is 0 Å². The first-order chi connectivity index (χ1) is 8.63. The predicted molar refractivity (Wildman–Crippen MR) is 70.2 cm³/mol.